The van der Waals surface area contributed by atoms with Crippen molar-refractivity contribution in [3.63, 3.8) is 0 Å². The van der Waals surface area contributed by atoms with Crippen LogP contribution < -0.4 is 9.47 Å². The van der Waals surface area contributed by atoms with Crippen molar-refractivity contribution >= 4 is 33.7 Å². The van der Waals surface area contributed by atoms with Crippen molar-refractivity contribution in [3.05, 3.63) is 42.3 Å². The van der Waals surface area contributed by atoms with E-state index in [-0.39, 0.29) is 5.02 Å². The Bertz CT molecular complexity index is 1150. The number of nitrogens with one attached hydrogen (secondary N) is 1. The van der Waals surface area contributed by atoms with E-state index in [2.05, 4.69) is 21.9 Å². The Morgan fingerprint density at radius 2 is 2.11 bits per heavy atom. The summed E-state index contributed by atoms with van der Waals surface area (Å²) in [5, 5.41) is 0.557. The lowest BCUT2D eigenvalue weighted by atomic mass is 10.2. The molecule has 4 rings (SSSR count). The van der Waals surface area contributed by atoms with Gasteiger partial charge in [0.1, 0.15) is 11.2 Å². The minimum Gasteiger partial charge on any atom is -0.491 e. The van der Waals surface area contributed by atoms with E-state index >= 15 is 0 Å². The molecular formula is C19H17ClFN4O2. The molecule has 4 aromatic heterocycles. The zero-order chi connectivity index (χ0) is 19.1. The molecule has 8 heteroatoms. The second kappa shape index (κ2) is 6.74. The monoisotopic (exact) mass is 387 g/mol. The zero-order valence-corrected chi connectivity index (χ0v) is 15.6. The number of halogens is 2. The third kappa shape index (κ3) is 2.78. The fourth-order valence-electron chi connectivity index (χ4n) is 3.18. The highest BCUT2D eigenvalue weighted by atomic mass is 35.5. The first-order chi connectivity index (χ1) is 13.1. The van der Waals surface area contributed by atoms with Gasteiger partial charge in [-0.1, -0.05) is 18.5 Å². The predicted octanol–water partition coefficient (Wildman–Crippen LogP) is 4.61. The molecule has 0 spiro atoms. The van der Waals surface area contributed by atoms with E-state index < -0.39 is 5.82 Å². The number of aromatic amines is 1. The first kappa shape index (κ1) is 17.6. The van der Waals surface area contributed by atoms with Gasteiger partial charge in [-0.3, -0.25) is 0 Å². The van der Waals surface area contributed by atoms with Gasteiger partial charge in [0.2, 0.25) is 0 Å². The minimum atomic E-state index is -0.557. The first-order valence-corrected chi connectivity index (χ1v) is 8.69. The van der Waals surface area contributed by atoms with E-state index in [1.165, 1.54) is 0 Å². The van der Waals surface area contributed by atoms with E-state index in [1.54, 1.807) is 20.3 Å². The number of hydrogen-bond acceptors (Lipinski definition) is 4. The third-order valence-corrected chi connectivity index (χ3v) is 4.82. The molecule has 139 valence electrons. The van der Waals surface area contributed by atoms with Crippen LogP contribution in [0.4, 0.5) is 4.39 Å². The molecule has 0 aliphatic heterocycles. The smallest absolute Gasteiger partial charge is 0.257 e. The average molecular weight is 388 g/mol. The molecule has 0 unspecified atom stereocenters. The van der Waals surface area contributed by atoms with Gasteiger partial charge in [0.15, 0.2) is 11.6 Å². The SMILES string of the molecule is [CH2]CCn1cc(-c2cc3c(Cl)c(F)cnc3[nH]2)c2nc(OC)c(OC)cc21. The molecule has 1 radical (unpaired) electrons. The number of aromatic nitrogens is 4. The van der Waals surface area contributed by atoms with Gasteiger partial charge in [0.05, 0.1) is 36.6 Å². The van der Waals surface area contributed by atoms with E-state index in [9.17, 15) is 4.39 Å². The number of pyridine rings is 2. The van der Waals surface area contributed by atoms with Crippen LogP contribution in [0.5, 0.6) is 11.6 Å². The molecule has 0 bridgehead atoms. The fraction of sp³-hybridized carbons (Fsp3) is 0.211. The Kier molecular flexibility index (Phi) is 4.39. The highest BCUT2D eigenvalue weighted by Crippen LogP contribution is 2.37. The van der Waals surface area contributed by atoms with Gasteiger partial charge < -0.3 is 19.0 Å². The largest absolute Gasteiger partial charge is 0.491 e. The van der Waals surface area contributed by atoms with Gasteiger partial charge in [-0.2, -0.15) is 0 Å². The molecule has 1 N–H and O–H groups in total. The van der Waals surface area contributed by atoms with E-state index in [4.69, 9.17) is 21.1 Å². The summed E-state index contributed by atoms with van der Waals surface area (Å²) in [5.41, 5.74) is 3.68. The van der Waals surface area contributed by atoms with Gasteiger partial charge in [0, 0.05) is 29.8 Å². The lowest BCUT2D eigenvalue weighted by Crippen LogP contribution is -1.97. The highest BCUT2D eigenvalue weighted by molar-refractivity contribution is 6.35. The van der Waals surface area contributed by atoms with Crippen LogP contribution in [0, 0.1) is 12.7 Å². The number of fused-ring (bicyclic) bond motifs is 2. The lowest BCUT2D eigenvalue weighted by Gasteiger charge is -2.08. The average Bonchev–Trinajstić information content (AvgIpc) is 3.26. The Morgan fingerprint density at radius 3 is 2.81 bits per heavy atom. The maximum atomic E-state index is 13.7. The molecule has 0 saturated heterocycles. The van der Waals surface area contributed by atoms with Crippen LogP contribution in [-0.4, -0.2) is 33.7 Å². The Morgan fingerprint density at radius 1 is 1.30 bits per heavy atom. The number of nitrogens with zero attached hydrogens (tertiary/aromatic N) is 3. The number of methoxy groups -OCH3 is 2. The molecule has 0 aromatic carbocycles. The first-order valence-electron chi connectivity index (χ1n) is 8.31. The van der Waals surface area contributed by atoms with Gasteiger partial charge in [-0.25, -0.2) is 14.4 Å². The molecule has 6 nitrogen and oxygen atoms in total. The quantitative estimate of drug-likeness (QED) is 0.543. The second-order valence-electron chi connectivity index (χ2n) is 6.02. The summed E-state index contributed by atoms with van der Waals surface area (Å²) >= 11 is 6.09. The van der Waals surface area contributed by atoms with Crippen LogP contribution in [0.15, 0.2) is 24.5 Å². The van der Waals surface area contributed by atoms with Crippen molar-refractivity contribution < 1.29 is 13.9 Å². The number of rotatable bonds is 5. The summed E-state index contributed by atoms with van der Waals surface area (Å²) in [5.74, 6) is 0.374. The van der Waals surface area contributed by atoms with Crippen molar-refractivity contribution in [1.29, 1.82) is 0 Å². The molecule has 0 aliphatic carbocycles. The van der Waals surface area contributed by atoms with Crippen LogP contribution in [0.2, 0.25) is 5.02 Å². The van der Waals surface area contributed by atoms with Crippen molar-refractivity contribution in [1.82, 2.24) is 19.5 Å². The maximum absolute atomic E-state index is 13.7. The molecule has 0 aliphatic rings. The number of ether oxygens (including phenoxy) is 2. The summed E-state index contributed by atoms with van der Waals surface area (Å²) in [6.07, 6.45) is 3.78. The van der Waals surface area contributed by atoms with Gasteiger partial charge >= 0.3 is 0 Å². The predicted molar refractivity (Wildman–Crippen MR) is 103 cm³/mol. The van der Waals surface area contributed by atoms with Crippen LogP contribution in [0.25, 0.3) is 33.3 Å². The molecule has 0 amide bonds. The van der Waals surface area contributed by atoms with Gasteiger partial charge in [-0.05, 0) is 12.5 Å². The fourth-order valence-corrected chi connectivity index (χ4v) is 3.37. The number of hydrogen-bond donors (Lipinski definition) is 1. The molecule has 0 saturated carbocycles. The summed E-state index contributed by atoms with van der Waals surface area (Å²) in [6, 6.07) is 3.66. The summed E-state index contributed by atoms with van der Waals surface area (Å²) < 4.78 is 26.5. The Balaban J connectivity index is 1.99. The molecule has 27 heavy (non-hydrogen) atoms. The normalized spacial score (nSPS) is 11.4. The lowest BCUT2D eigenvalue weighted by molar-refractivity contribution is 0.344. The number of H-pyrrole nitrogens is 1. The summed E-state index contributed by atoms with van der Waals surface area (Å²) in [6.45, 7) is 4.64. The van der Waals surface area contributed by atoms with Gasteiger partial charge in [-0.15, -0.1) is 0 Å². The van der Waals surface area contributed by atoms with Crippen molar-refractivity contribution in [2.75, 3.05) is 14.2 Å². The maximum Gasteiger partial charge on any atom is 0.257 e. The van der Waals surface area contributed by atoms with Crippen LogP contribution in [0.3, 0.4) is 0 Å². The third-order valence-electron chi connectivity index (χ3n) is 4.44. The van der Waals surface area contributed by atoms with E-state index in [0.29, 0.717) is 35.6 Å². The second-order valence-corrected chi connectivity index (χ2v) is 6.40. The van der Waals surface area contributed by atoms with Crippen LogP contribution in [0.1, 0.15) is 6.42 Å². The minimum absolute atomic E-state index is 0.0382. The Hall–Kier alpha value is -2.80. The molecule has 4 heterocycles. The topological polar surface area (TPSA) is 65.0 Å². The van der Waals surface area contributed by atoms with Crippen LogP contribution in [-0.2, 0) is 6.54 Å². The molecule has 0 atom stereocenters. The molecule has 0 fully saturated rings. The molecular weight excluding hydrogens is 371 g/mol. The zero-order valence-electron chi connectivity index (χ0n) is 14.8. The van der Waals surface area contributed by atoms with Crippen molar-refractivity contribution in [2.45, 2.75) is 13.0 Å². The summed E-state index contributed by atoms with van der Waals surface area (Å²) in [7, 11) is 3.11. The summed E-state index contributed by atoms with van der Waals surface area (Å²) in [4.78, 5) is 11.9. The standard InChI is InChI=1S/C19H17ClFN4O2/c1-4-5-25-9-11(17-14(25)7-15(26-2)19(24-17)27-3)13-6-10-16(20)12(21)8-22-18(10)23-13/h6-9H,1,4-5H2,2-3H3,(H,22,23). The van der Waals surface area contributed by atoms with Crippen molar-refractivity contribution in [3.8, 4) is 22.9 Å². The van der Waals surface area contributed by atoms with Crippen molar-refractivity contribution in [2.24, 2.45) is 0 Å². The van der Waals surface area contributed by atoms with E-state index in [1.807, 2.05) is 16.8 Å². The van der Waals surface area contributed by atoms with Crippen LogP contribution >= 0.6 is 11.6 Å². The Labute approximate surface area is 159 Å². The highest BCUT2D eigenvalue weighted by Gasteiger charge is 2.19. The number of aryl methyl sites for hydroxylation is 1. The van der Waals surface area contributed by atoms with Gasteiger partial charge in [0.25, 0.3) is 5.88 Å². The van der Waals surface area contributed by atoms with E-state index in [0.717, 1.165) is 28.5 Å². The molecule has 4 aromatic rings.